The van der Waals surface area contributed by atoms with Gasteiger partial charge in [-0.25, -0.2) is 9.59 Å². The highest BCUT2D eigenvalue weighted by atomic mass is 32.2. The number of carbonyl (C=O) groups excluding carboxylic acids is 7. The number of rotatable bonds is 16. The van der Waals surface area contributed by atoms with Crippen LogP contribution in [0.1, 0.15) is 66.9 Å². The molecule has 1 aromatic rings. The standard InChI is InChI=1S/C33H45NO15S/c1-19(35)43-18-25-27(45-20(2)36)28(46-21(3)37)29(47-22(4)38)31(48-25)50-15-11-14-42-26(39)16-24(34-32(41)49-33(5,6)7)30(40)44-17-23-12-9-8-10-13-23/h8-10,12-13,24-25,27-29,31H,11,14-18H2,1-7H3,(H,34,41)/t24-,25?,27?,28?,29?,31?/m0/s1. The highest BCUT2D eigenvalue weighted by molar-refractivity contribution is 7.99. The molecular formula is C33H45NO15S. The number of hydrogen-bond donors (Lipinski definition) is 1. The summed E-state index contributed by atoms with van der Waals surface area (Å²) in [6.07, 6.45) is -6.13. The van der Waals surface area contributed by atoms with Crippen LogP contribution in [0.3, 0.4) is 0 Å². The van der Waals surface area contributed by atoms with Crippen molar-refractivity contribution >= 4 is 53.7 Å². The number of benzene rings is 1. The van der Waals surface area contributed by atoms with E-state index in [1.54, 1.807) is 51.1 Å². The van der Waals surface area contributed by atoms with Crippen molar-refractivity contribution in [2.45, 2.75) is 109 Å². The third kappa shape index (κ3) is 15.9. The number of amides is 1. The van der Waals surface area contributed by atoms with Gasteiger partial charge < -0.3 is 43.2 Å². The SMILES string of the molecule is CC(=O)OCC1OC(SCCCOC(=O)C[C@H](NC(=O)OC(C)(C)C)C(=O)OCc2ccccc2)C(OC(C)=O)C(OC(C)=O)C1OC(C)=O. The van der Waals surface area contributed by atoms with Crippen molar-refractivity contribution in [1.29, 1.82) is 0 Å². The minimum atomic E-state index is -1.40. The van der Waals surface area contributed by atoms with Gasteiger partial charge in [0.05, 0.1) is 13.0 Å². The Morgan fingerprint density at radius 3 is 1.98 bits per heavy atom. The average molecular weight is 728 g/mol. The van der Waals surface area contributed by atoms with E-state index in [1.807, 2.05) is 0 Å². The number of thioether (sulfide) groups is 1. The van der Waals surface area contributed by atoms with E-state index in [0.717, 1.165) is 32.5 Å². The third-order valence-corrected chi connectivity index (χ3v) is 7.58. The molecule has 278 valence electrons. The molecule has 0 bridgehead atoms. The van der Waals surface area contributed by atoms with Gasteiger partial charge in [0, 0.05) is 27.7 Å². The van der Waals surface area contributed by atoms with E-state index >= 15 is 0 Å². The monoisotopic (exact) mass is 727 g/mol. The molecule has 0 radical (unpaired) electrons. The van der Waals surface area contributed by atoms with Crippen LogP contribution in [0.15, 0.2) is 30.3 Å². The summed E-state index contributed by atoms with van der Waals surface area (Å²) >= 11 is 1.12. The van der Waals surface area contributed by atoms with Crippen LogP contribution in [0.5, 0.6) is 0 Å². The Bertz CT molecular complexity index is 1330. The topological polar surface area (TPSA) is 205 Å². The number of esters is 6. The van der Waals surface area contributed by atoms with Crippen LogP contribution >= 0.6 is 11.8 Å². The van der Waals surface area contributed by atoms with Gasteiger partial charge in [0.15, 0.2) is 18.3 Å². The Hall–Kier alpha value is -4.38. The molecule has 17 heteroatoms. The van der Waals surface area contributed by atoms with Crippen LogP contribution in [0.4, 0.5) is 4.79 Å². The first-order valence-electron chi connectivity index (χ1n) is 15.7. The lowest BCUT2D eigenvalue weighted by Gasteiger charge is -2.44. The Balaban J connectivity index is 2.06. The van der Waals surface area contributed by atoms with Gasteiger partial charge in [-0.2, -0.15) is 0 Å². The van der Waals surface area contributed by atoms with Gasteiger partial charge in [-0.05, 0) is 38.5 Å². The Morgan fingerprint density at radius 2 is 1.40 bits per heavy atom. The molecule has 0 aliphatic carbocycles. The molecule has 1 saturated heterocycles. The lowest BCUT2D eigenvalue weighted by molar-refractivity contribution is -0.237. The van der Waals surface area contributed by atoms with E-state index in [9.17, 15) is 33.6 Å². The van der Waals surface area contributed by atoms with Crippen molar-refractivity contribution in [3.63, 3.8) is 0 Å². The Kier molecular flexibility index (Phi) is 17.0. The van der Waals surface area contributed by atoms with Gasteiger partial charge in [-0.3, -0.25) is 24.0 Å². The van der Waals surface area contributed by atoms with Crippen molar-refractivity contribution in [2.24, 2.45) is 0 Å². The summed E-state index contributed by atoms with van der Waals surface area (Å²) in [5, 5.41) is 2.36. The van der Waals surface area contributed by atoms with Gasteiger partial charge in [0.2, 0.25) is 0 Å². The first-order valence-corrected chi connectivity index (χ1v) is 16.8. The van der Waals surface area contributed by atoms with E-state index in [-0.39, 0.29) is 32.0 Å². The zero-order valence-corrected chi connectivity index (χ0v) is 29.9. The molecule has 0 spiro atoms. The molecule has 50 heavy (non-hydrogen) atoms. The molecule has 1 N–H and O–H groups in total. The minimum Gasteiger partial charge on any atom is -0.466 e. The van der Waals surface area contributed by atoms with Crippen molar-refractivity contribution in [1.82, 2.24) is 5.32 Å². The smallest absolute Gasteiger partial charge is 0.408 e. The summed E-state index contributed by atoms with van der Waals surface area (Å²) in [4.78, 5) is 85.5. The second-order valence-corrected chi connectivity index (χ2v) is 13.2. The minimum absolute atomic E-state index is 0.0856. The fraction of sp³-hybridized carbons (Fsp3) is 0.606. The number of carbonyl (C=O) groups is 7. The van der Waals surface area contributed by atoms with Gasteiger partial charge in [-0.1, -0.05) is 30.3 Å². The maximum atomic E-state index is 12.9. The molecule has 0 aromatic heterocycles. The fourth-order valence-corrected chi connectivity index (χ4v) is 5.60. The molecule has 1 aliphatic rings. The maximum absolute atomic E-state index is 12.9. The molecule has 1 aliphatic heterocycles. The summed E-state index contributed by atoms with van der Waals surface area (Å²) in [6.45, 7) is 8.92. The first kappa shape index (κ1) is 41.8. The van der Waals surface area contributed by atoms with E-state index in [2.05, 4.69) is 5.32 Å². The van der Waals surface area contributed by atoms with Gasteiger partial charge in [-0.15, -0.1) is 11.8 Å². The zero-order chi connectivity index (χ0) is 37.4. The van der Waals surface area contributed by atoms with Crippen LogP contribution < -0.4 is 5.32 Å². The second kappa shape index (κ2) is 20.3. The van der Waals surface area contributed by atoms with Crippen LogP contribution in [-0.4, -0.2) is 102 Å². The normalized spacial score (nSPS) is 20.7. The van der Waals surface area contributed by atoms with E-state index in [1.165, 1.54) is 6.92 Å². The summed E-state index contributed by atoms with van der Waals surface area (Å²) in [5.74, 6) is -4.29. The van der Waals surface area contributed by atoms with Crippen molar-refractivity contribution in [3.05, 3.63) is 35.9 Å². The Labute approximate surface area is 294 Å². The highest BCUT2D eigenvalue weighted by Crippen LogP contribution is 2.34. The third-order valence-electron chi connectivity index (χ3n) is 6.35. The molecular weight excluding hydrogens is 682 g/mol. The summed E-state index contributed by atoms with van der Waals surface area (Å²) < 4.78 is 43.2. The van der Waals surface area contributed by atoms with E-state index in [4.69, 9.17) is 37.9 Å². The molecule has 16 nitrogen and oxygen atoms in total. The molecule has 2 rings (SSSR count). The largest absolute Gasteiger partial charge is 0.466 e. The van der Waals surface area contributed by atoms with Crippen molar-refractivity contribution < 1.29 is 71.5 Å². The van der Waals surface area contributed by atoms with E-state index < -0.39 is 89.8 Å². The number of ether oxygens (including phenoxy) is 8. The van der Waals surface area contributed by atoms with Gasteiger partial charge in [0.25, 0.3) is 0 Å². The maximum Gasteiger partial charge on any atom is 0.408 e. The molecule has 5 unspecified atom stereocenters. The zero-order valence-electron chi connectivity index (χ0n) is 29.1. The molecule has 6 atom stereocenters. The molecule has 1 aromatic carbocycles. The number of hydrogen-bond acceptors (Lipinski definition) is 16. The van der Waals surface area contributed by atoms with Crippen LogP contribution in [-0.2, 0) is 73.3 Å². The quantitative estimate of drug-likeness (QED) is 0.148. The van der Waals surface area contributed by atoms with Crippen LogP contribution in [0.2, 0.25) is 0 Å². The lowest BCUT2D eigenvalue weighted by atomic mass is 9.99. The number of alkyl carbamates (subject to hydrolysis) is 1. The summed E-state index contributed by atoms with van der Waals surface area (Å²) in [7, 11) is 0. The average Bonchev–Trinajstić information content (AvgIpc) is 3.00. The molecule has 0 saturated carbocycles. The molecule has 1 heterocycles. The van der Waals surface area contributed by atoms with E-state index in [0.29, 0.717) is 5.56 Å². The molecule has 1 amide bonds. The summed E-state index contributed by atoms with van der Waals surface area (Å²) in [5.41, 5.74) is -1.15. The predicted molar refractivity (Wildman–Crippen MR) is 174 cm³/mol. The number of nitrogens with one attached hydrogen (secondary N) is 1. The molecule has 1 fully saturated rings. The fourth-order valence-electron chi connectivity index (χ4n) is 4.47. The Morgan fingerprint density at radius 1 is 0.800 bits per heavy atom. The second-order valence-electron chi connectivity index (χ2n) is 12.0. The van der Waals surface area contributed by atoms with Gasteiger partial charge in [0.1, 0.15) is 36.4 Å². The predicted octanol–water partition coefficient (Wildman–Crippen LogP) is 2.76. The van der Waals surface area contributed by atoms with Gasteiger partial charge >= 0.3 is 41.9 Å². The van der Waals surface area contributed by atoms with Crippen LogP contribution in [0, 0.1) is 0 Å². The van der Waals surface area contributed by atoms with Crippen LogP contribution in [0.25, 0.3) is 0 Å². The van der Waals surface area contributed by atoms with Crippen molar-refractivity contribution in [3.8, 4) is 0 Å². The lowest BCUT2D eigenvalue weighted by Crippen LogP contribution is -2.61. The van der Waals surface area contributed by atoms with Crippen molar-refractivity contribution in [2.75, 3.05) is 19.0 Å². The highest BCUT2D eigenvalue weighted by Gasteiger charge is 2.52. The first-order chi connectivity index (χ1) is 23.4. The summed E-state index contributed by atoms with van der Waals surface area (Å²) in [6, 6.07) is 7.44.